The third-order valence-corrected chi connectivity index (χ3v) is 3.33. The summed E-state index contributed by atoms with van der Waals surface area (Å²) in [6, 6.07) is 1.48. The fourth-order valence-corrected chi connectivity index (χ4v) is 2.28. The zero-order chi connectivity index (χ0) is 14.0. The molecule has 5 heteroatoms. The molecule has 1 aliphatic carbocycles. The van der Waals surface area contributed by atoms with E-state index in [0.717, 1.165) is 12.8 Å². The van der Waals surface area contributed by atoms with Crippen LogP contribution in [-0.4, -0.2) is 28.9 Å². The van der Waals surface area contributed by atoms with Crippen molar-refractivity contribution in [2.45, 2.75) is 26.3 Å². The molecule has 1 aromatic rings. The van der Waals surface area contributed by atoms with Crippen molar-refractivity contribution in [2.75, 3.05) is 7.05 Å². The fourth-order valence-electron chi connectivity index (χ4n) is 2.28. The number of carbonyl (C=O) groups excluding carboxylic acids is 1. The van der Waals surface area contributed by atoms with Crippen LogP contribution in [0.25, 0.3) is 0 Å². The molecule has 1 N–H and O–H groups in total. The van der Waals surface area contributed by atoms with Gasteiger partial charge in [-0.1, -0.05) is 12.2 Å². The highest BCUT2D eigenvalue weighted by Crippen LogP contribution is 2.22. The maximum atomic E-state index is 12.1. The van der Waals surface area contributed by atoms with E-state index in [9.17, 15) is 9.59 Å². The quantitative estimate of drug-likeness (QED) is 0.845. The Morgan fingerprint density at radius 2 is 2.05 bits per heavy atom. The summed E-state index contributed by atoms with van der Waals surface area (Å²) in [7, 11) is 1.71. The zero-order valence-electron chi connectivity index (χ0n) is 11.0. The zero-order valence-corrected chi connectivity index (χ0v) is 11.0. The molecule has 0 radical (unpaired) electrons. The average Bonchev–Trinajstić information content (AvgIpc) is 2.97. The van der Waals surface area contributed by atoms with E-state index in [1.54, 1.807) is 18.9 Å². The van der Waals surface area contributed by atoms with Crippen LogP contribution in [0, 0.1) is 12.8 Å². The SMILES string of the molecule is Cc1oc(CN(C)C(=O)C2CC=CC2)cc1C(=O)O. The minimum atomic E-state index is -1.01. The predicted octanol–water partition coefficient (Wildman–Crippen LogP) is 2.21. The lowest BCUT2D eigenvalue weighted by atomic mass is 10.1. The number of hydrogen-bond donors (Lipinski definition) is 1. The molecule has 0 unspecified atom stereocenters. The van der Waals surface area contributed by atoms with E-state index in [0.29, 0.717) is 18.1 Å². The van der Waals surface area contributed by atoms with Crippen LogP contribution in [0.5, 0.6) is 0 Å². The topological polar surface area (TPSA) is 70.8 Å². The van der Waals surface area contributed by atoms with Crippen LogP contribution in [0.3, 0.4) is 0 Å². The number of aryl methyl sites for hydroxylation is 1. The summed E-state index contributed by atoms with van der Waals surface area (Å²) in [5, 5.41) is 8.95. The minimum absolute atomic E-state index is 0.0139. The molecule has 2 rings (SSSR count). The van der Waals surface area contributed by atoms with Gasteiger partial charge in [-0.05, 0) is 25.8 Å². The summed E-state index contributed by atoms with van der Waals surface area (Å²) in [6.45, 7) is 1.90. The van der Waals surface area contributed by atoms with Gasteiger partial charge in [-0.25, -0.2) is 4.79 Å². The number of rotatable bonds is 4. The molecular formula is C14H17NO4. The van der Waals surface area contributed by atoms with Crippen molar-refractivity contribution in [1.29, 1.82) is 0 Å². The maximum absolute atomic E-state index is 12.1. The van der Waals surface area contributed by atoms with Gasteiger partial charge in [0.05, 0.1) is 6.54 Å². The van der Waals surface area contributed by atoms with Crippen LogP contribution in [0.2, 0.25) is 0 Å². The number of furan rings is 1. The monoisotopic (exact) mass is 263 g/mol. The number of amides is 1. The van der Waals surface area contributed by atoms with Crippen LogP contribution in [0.4, 0.5) is 0 Å². The molecule has 5 nitrogen and oxygen atoms in total. The first-order chi connectivity index (χ1) is 8.99. The highest BCUT2D eigenvalue weighted by Gasteiger charge is 2.24. The Hall–Kier alpha value is -2.04. The number of nitrogens with zero attached hydrogens (tertiary/aromatic N) is 1. The molecule has 1 aliphatic rings. The van der Waals surface area contributed by atoms with Crippen LogP contribution in [-0.2, 0) is 11.3 Å². The van der Waals surface area contributed by atoms with Gasteiger partial charge in [0, 0.05) is 13.0 Å². The summed E-state index contributed by atoms with van der Waals surface area (Å²) in [5.41, 5.74) is 0.151. The smallest absolute Gasteiger partial charge is 0.339 e. The average molecular weight is 263 g/mol. The van der Waals surface area contributed by atoms with Crippen molar-refractivity contribution in [3.63, 3.8) is 0 Å². The summed E-state index contributed by atoms with van der Waals surface area (Å²) < 4.78 is 5.37. The summed E-state index contributed by atoms with van der Waals surface area (Å²) >= 11 is 0. The number of hydrogen-bond acceptors (Lipinski definition) is 3. The second-order valence-corrected chi connectivity index (χ2v) is 4.82. The second kappa shape index (κ2) is 5.30. The Labute approximate surface area is 111 Å². The van der Waals surface area contributed by atoms with Gasteiger partial charge in [0.2, 0.25) is 5.91 Å². The highest BCUT2D eigenvalue weighted by molar-refractivity contribution is 5.88. The molecule has 0 saturated heterocycles. The van der Waals surface area contributed by atoms with E-state index in [2.05, 4.69) is 0 Å². The maximum Gasteiger partial charge on any atom is 0.339 e. The Bertz CT molecular complexity index is 522. The lowest BCUT2D eigenvalue weighted by molar-refractivity contribution is -0.134. The molecule has 19 heavy (non-hydrogen) atoms. The van der Waals surface area contributed by atoms with Crippen molar-refractivity contribution in [3.05, 3.63) is 35.3 Å². The summed E-state index contributed by atoms with van der Waals surface area (Å²) in [6.07, 6.45) is 5.58. The Balaban J connectivity index is 2.02. The fraction of sp³-hybridized carbons (Fsp3) is 0.429. The largest absolute Gasteiger partial charge is 0.478 e. The van der Waals surface area contributed by atoms with Crippen LogP contribution in [0.1, 0.15) is 34.7 Å². The number of carbonyl (C=O) groups is 2. The molecule has 1 amide bonds. The minimum Gasteiger partial charge on any atom is -0.478 e. The van der Waals surface area contributed by atoms with E-state index >= 15 is 0 Å². The van der Waals surface area contributed by atoms with Crippen LogP contribution in [0.15, 0.2) is 22.6 Å². The van der Waals surface area contributed by atoms with Crippen molar-refractivity contribution in [3.8, 4) is 0 Å². The van der Waals surface area contributed by atoms with E-state index < -0.39 is 5.97 Å². The lowest BCUT2D eigenvalue weighted by Gasteiger charge is -2.19. The van der Waals surface area contributed by atoms with Gasteiger partial charge in [0.25, 0.3) is 0 Å². The van der Waals surface area contributed by atoms with Gasteiger partial charge in [-0.3, -0.25) is 4.79 Å². The van der Waals surface area contributed by atoms with Crippen molar-refractivity contribution >= 4 is 11.9 Å². The third kappa shape index (κ3) is 2.86. The molecule has 0 aromatic carbocycles. The molecule has 0 fully saturated rings. The number of carboxylic acids is 1. The van der Waals surface area contributed by atoms with Gasteiger partial charge in [0.15, 0.2) is 0 Å². The van der Waals surface area contributed by atoms with E-state index in [4.69, 9.17) is 9.52 Å². The molecule has 0 saturated carbocycles. The first kappa shape index (κ1) is 13.4. The summed E-state index contributed by atoms with van der Waals surface area (Å²) in [4.78, 5) is 24.6. The number of carboxylic acid groups (broad SMARTS) is 1. The molecule has 102 valence electrons. The van der Waals surface area contributed by atoms with Gasteiger partial charge < -0.3 is 14.4 Å². The summed E-state index contributed by atoms with van der Waals surface area (Å²) in [5.74, 6) is -0.0695. The van der Waals surface area contributed by atoms with Gasteiger partial charge in [-0.2, -0.15) is 0 Å². The van der Waals surface area contributed by atoms with Crippen molar-refractivity contribution in [1.82, 2.24) is 4.90 Å². The van der Waals surface area contributed by atoms with Gasteiger partial charge in [-0.15, -0.1) is 0 Å². The standard InChI is InChI=1S/C14H17NO4/c1-9-12(14(17)18)7-11(19-9)8-15(2)13(16)10-5-3-4-6-10/h3-4,7,10H,5-6,8H2,1-2H3,(H,17,18). The molecule has 1 heterocycles. The van der Waals surface area contributed by atoms with Crippen LogP contribution < -0.4 is 0 Å². The molecule has 0 bridgehead atoms. The normalized spacial score (nSPS) is 14.8. The predicted molar refractivity (Wildman–Crippen MR) is 68.7 cm³/mol. The highest BCUT2D eigenvalue weighted by atomic mass is 16.4. The Morgan fingerprint density at radius 1 is 1.42 bits per heavy atom. The molecular weight excluding hydrogens is 246 g/mol. The van der Waals surface area contributed by atoms with E-state index in [1.165, 1.54) is 6.07 Å². The van der Waals surface area contributed by atoms with Crippen molar-refractivity contribution in [2.24, 2.45) is 5.92 Å². The molecule has 1 aromatic heterocycles. The number of allylic oxidation sites excluding steroid dienone is 2. The van der Waals surface area contributed by atoms with E-state index in [-0.39, 0.29) is 17.4 Å². The first-order valence-corrected chi connectivity index (χ1v) is 6.21. The van der Waals surface area contributed by atoms with Gasteiger partial charge >= 0.3 is 5.97 Å². The Morgan fingerprint density at radius 3 is 2.58 bits per heavy atom. The molecule has 0 atom stereocenters. The molecule has 0 aliphatic heterocycles. The van der Waals surface area contributed by atoms with Gasteiger partial charge in [0.1, 0.15) is 17.1 Å². The van der Waals surface area contributed by atoms with Crippen molar-refractivity contribution < 1.29 is 19.1 Å². The first-order valence-electron chi connectivity index (χ1n) is 6.21. The second-order valence-electron chi connectivity index (χ2n) is 4.82. The lowest BCUT2D eigenvalue weighted by Crippen LogP contribution is -2.31. The molecule has 0 spiro atoms. The van der Waals surface area contributed by atoms with E-state index in [1.807, 2.05) is 12.2 Å². The Kier molecular flexibility index (Phi) is 3.74. The third-order valence-electron chi connectivity index (χ3n) is 3.33. The number of aromatic carboxylic acids is 1. The van der Waals surface area contributed by atoms with Crippen LogP contribution >= 0.6 is 0 Å².